The van der Waals surface area contributed by atoms with Crippen molar-refractivity contribution in [3.8, 4) is 5.69 Å². The van der Waals surface area contributed by atoms with E-state index in [1.54, 1.807) is 18.2 Å². The summed E-state index contributed by atoms with van der Waals surface area (Å²) < 4.78 is 15.3. The van der Waals surface area contributed by atoms with E-state index in [1.807, 2.05) is 24.8 Å². The number of hydrogen-bond acceptors (Lipinski definition) is 3. The fourth-order valence-electron chi connectivity index (χ4n) is 3.96. The maximum absolute atomic E-state index is 13.9. The summed E-state index contributed by atoms with van der Waals surface area (Å²) in [5.41, 5.74) is 0.711. The second-order valence-corrected chi connectivity index (χ2v) is 8.25. The third-order valence-electron chi connectivity index (χ3n) is 5.55. The van der Waals surface area contributed by atoms with Crippen LogP contribution in [0.4, 0.5) is 4.39 Å². The lowest BCUT2D eigenvalue weighted by Gasteiger charge is -2.32. The molecule has 0 saturated heterocycles. The molecular weight excluding hydrogens is 429 g/mol. The SMILES string of the molecule is CCCCC(=O)N(CCC)C(CC)c1nc2ccccc2c(=O)n1-c1ccc(F)c(Cl)c1. The van der Waals surface area contributed by atoms with Crippen molar-refractivity contribution in [1.82, 2.24) is 14.5 Å². The van der Waals surface area contributed by atoms with E-state index in [1.165, 1.54) is 22.8 Å². The van der Waals surface area contributed by atoms with Gasteiger partial charge in [-0.15, -0.1) is 0 Å². The number of rotatable bonds is 9. The Morgan fingerprint density at radius 1 is 1.16 bits per heavy atom. The Hall–Kier alpha value is -2.73. The molecule has 5 nitrogen and oxygen atoms in total. The number of benzene rings is 2. The first-order valence-electron chi connectivity index (χ1n) is 11.2. The number of nitrogens with zero attached hydrogens (tertiary/aromatic N) is 3. The van der Waals surface area contributed by atoms with Crippen molar-refractivity contribution in [1.29, 1.82) is 0 Å². The van der Waals surface area contributed by atoms with Crippen molar-refractivity contribution in [2.75, 3.05) is 6.54 Å². The van der Waals surface area contributed by atoms with Crippen molar-refractivity contribution < 1.29 is 9.18 Å². The van der Waals surface area contributed by atoms with Gasteiger partial charge < -0.3 is 4.90 Å². The van der Waals surface area contributed by atoms with Crippen LogP contribution in [0.15, 0.2) is 47.3 Å². The molecule has 0 fully saturated rings. The van der Waals surface area contributed by atoms with Crippen LogP contribution < -0.4 is 5.56 Å². The molecule has 3 aromatic rings. The van der Waals surface area contributed by atoms with Crippen LogP contribution in [0, 0.1) is 5.82 Å². The summed E-state index contributed by atoms with van der Waals surface area (Å²) in [7, 11) is 0. The first-order chi connectivity index (χ1) is 15.4. The van der Waals surface area contributed by atoms with Crippen molar-refractivity contribution >= 4 is 28.4 Å². The highest BCUT2D eigenvalue weighted by atomic mass is 35.5. The number of fused-ring (bicyclic) bond motifs is 1. The van der Waals surface area contributed by atoms with Crippen LogP contribution in [-0.4, -0.2) is 26.9 Å². The van der Waals surface area contributed by atoms with E-state index in [2.05, 4.69) is 6.92 Å². The lowest BCUT2D eigenvalue weighted by Crippen LogP contribution is -2.39. The highest BCUT2D eigenvalue weighted by molar-refractivity contribution is 6.30. The van der Waals surface area contributed by atoms with Gasteiger partial charge in [0.2, 0.25) is 5.91 Å². The van der Waals surface area contributed by atoms with Gasteiger partial charge in [-0.2, -0.15) is 0 Å². The molecule has 0 saturated carbocycles. The van der Waals surface area contributed by atoms with E-state index in [9.17, 15) is 14.0 Å². The minimum absolute atomic E-state index is 0.0478. The zero-order valence-electron chi connectivity index (χ0n) is 18.8. The number of hydrogen-bond donors (Lipinski definition) is 0. The second kappa shape index (κ2) is 10.7. The van der Waals surface area contributed by atoms with Crippen LogP contribution in [0.3, 0.4) is 0 Å². The fraction of sp³-hybridized carbons (Fsp3) is 0.400. The summed E-state index contributed by atoms with van der Waals surface area (Å²) in [6.45, 7) is 6.61. The van der Waals surface area contributed by atoms with Gasteiger partial charge in [0.25, 0.3) is 5.56 Å². The number of para-hydroxylation sites is 1. The van der Waals surface area contributed by atoms with Gasteiger partial charge in [0.05, 0.1) is 27.7 Å². The number of amides is 1. The van der Waals surface area contributed by atoms with Gasteiger partial charge in [-0.1, -0.05) is 50.9 Å². The van der Waals surface area contributed by atoms with Crippen LogP contribution in [0.25, 0.3) is 16.6 Å². The molecule has 170 valence electrons. The summed E-state index contributed by atoms with van der Waals surface area (Å²) in [6, 6.07) is 10.9. The van der Waals surface area contributed by atoms with E-state index in [4.69, 9.17) is 16.6 Å². The minimum Gasteiger partial charge on any atom is -0.333 e. The summed E-state index contributed by atoms with van der Waals surface area (Å²) in [4.78, 5) is 33.3. The highest BCUT2D eigenvalue weighted by Gasteiger charge is 2.28. The van der Waals surface area contributed by atoms with Crippen LogP contribution in [0.5, 0.6) is 0 Å². The smallest absolute Gasteiger partial charge is 0.266 e. The Balaban J connectivity index is 2.27. The average Bonchev–Trinajstić information content (AvgIpc) is 2.79. The topological polar surface area (TPSA) is 55.2 Å². The standard InChI is InChI=1S/C25H29ClFN3O2/c1-4-7-12-23(31)29(15-5-2)22(6-3)24-28-21-11-9-8-10-18(21)25(32)30(24)17-13-14-20(27)19(26)16-17/h8-11,13-14,16,22H,4-7,12,15H2,1-3H3. The Bertz CT molecular complexity index is 1160. The zero-order valence-corrected chi connectivity index (χ0v) is 19.5. The molecule has 2 aromatic carbocycles. The molecule has 3 rings (SSSR count). The van der Waals surface area contributed by atoms with E-state index in [-0.39, 0.29) is 16.5 Å². The summed E-state index contributed by atoms with van der Waals surface area (Å²) in [6.07, 6.45) is 3.55. The van der Waals surface area contributed by atoms with Gasteiger partial charge in [-0.25, -0.2) is 9.37 Å². The van der Waals surface area contributed by atoms with Gasteiger partial charge in [-0.3, -0.25) is 14.2 Å². The van der Waals surface area contributed by atoms with E-state index in [0.717, 1.165) is 19.3 Å². The summed E-state index contributed by atoms with van der Waals surface area (Å²) >= 11 is 6.04. The summed E-state index contributed by atoms with van der Waals surface area (Å²) in [5.74, 6) is -0.0584. The first-order valence-corrected chi connectivity index (χ1v) is 11.6. The van der Waals surface area contributed by atoms with Crippen LogP contribution in [0.1, 0.15) is 64.7 Å². The molecule has 0 aliphatic heterocycles. The average molecular weight is 458 g/mol. The maximum atomic E-state index is 13.9. The Morgan fingerprint density at radius 3 is 2.56 bits per heavy atom. The van der Waals surface area contributed by atoms with E-state index < -0.39 is 11.9 Å². The van der Waals surface area contributed by atoms with Crippen molar-refractivity contribution in [3.05, 3.63) is 69.5 Å². The number of unbranched alkanes of at least 4 members (excludes halogenated alkanes) is 1. The Kier molecular flexibility index (Phi) is 8.02. The molecular formula is C25H29ClFN3O2. The number of carbonyl (C=O) groups excluding carboxylic acids is 1. The third-order valence-corrected chi connectivity index (χ3v) is 5.84. The lowest BCUT2D eigenvalue weighted by atomic mass is 10.1. The second-order valence-electron chi connectivity index (χ2n) is 7.84. The van der Waals surface area contributed by atoms with Crippen molar-refractivity contribution in [2.45, 2.75) is 58.9 Å². The largest absolute Gasteiger partial charge is 0.333 e. The molecule has 0 spiro atoms. The Morgan fingerprint density at radius 2 is 1.91 bits per heavy atom. The predicted molar refractivity (Wildman–Crippen MR) is 127 cm³/mol. The van der Waals surface area contributed by atoms with Gasteiger partial charge >= 0.3 is 0 Å². The number of aromatic nitrogens is 2. The van der Waals surface area contributed by atoms with E-state index >= 15 is 0 Å². The molecule has 0 N–H and O–H groups in total. The normalized spacial score (nSPS) is 12.2. The number of halogens is 2. The molecule has 1 aromatic heterocycles. The number of carbonyl (C=O) groups is 1. The zero-order chi connectivity index (χ0) is 23.3. The molecule has 0 aliphatic carbocycles. The molecule has 32 heavy (non-hydrogen) atoms. The van der Waals surface area contributed by atoms with Crippen LogP contribution >= 0.6 is 11.6 Å². The van der Waals surface area contributed by atoms with Crippen LogP contribution in [-0.2, 0) is 4.79 Å². The molecule has 7 heteroatoms. The summed E-state index contributed by atoms with van der Waals surface area (Å²) in [5, 5.41) is 0.372. The predicted octanol–water partition coefficient (Wildman–Crippen LogP) is 6.06. The molecule has 0 bridgehead atoms. The molecule has 0 aliphatic rings. The van der Waals surface area contributed by atoms with Crippen molar-refractivity contribution in [2.24, 2.45) is 0 Å². The minimum atomic E-state index is -0.562. The van der Waals surface area contributed by atoms with Gasteiger partial charge in [0.15, 0.2) is 0 Å². The maximum Gasteiger partial charge on any atom is 0.266 e. The monoisotopic (exact) mass is 457 g/mol. The quantitative estimate of drug-likeness (QED) is 0.392. The molecule has 0 radical (unpaired) electrons. The molecule has 1 unspecified atom stereocenters. The Labute approximate surface area is 192 Å². The van der Waals surface area contributed by atoms with Gasteiger partial charge in [-0.05, 0) is 49.6 Å². The van der Waals surface area contributed by atoms with Crippen molar-refractivity contribution in [3.63, 3.8) is 0 Å². The van der Waals surface area contributed by atoms with E-state index in [0.29, 0.717) is 41.8 Å². The third kappa shape index (κ3) is 4.85. The lowest BCUT2D eigenvalue weighted by molar-refractivity contribution is -0.134. The first kappa shape index (κ1) is 23.9. The molecule has 1 amide bonds. The van der Waals surface area contributed by atoms with Crippen LogP contribution in [0.2, 0.25) is 5.02 Å². The molecule has 1 atom stereocenters. The molecule has 1 heterocycles. The van der Waals surface area contributed by atoms with Gasteiger partial charge in [0, 0.05) is 13.0 Å². The fourth-order valence-corrected chi connectivity index (χ4v) is 4.13. The highest BCUT2D eigenvalue weighted by Crippen LogP contribution is 2.28. The van der Waals surface area contributed by atoms with Gasteiger partial charge in [0.1, 0.15) is 11.6 Å².